The Morgan fingerprint density at radius 2 is 2.08 bits per heavy atom. The molecule has 0 radical (unpaired) electrons. The van der Waals surface area contributed by atoms with E-state index in [0.29, 0.717) is 45.8 Å². The maximum Gasteiger partial charge on any atom is 0.227 e. The van der Waals surface area contributed by atoms with Crippen molar-refractivity contribution in [1.82, 2.24) is 9.97 Å². The highest BCUT2D eigenvalue weighted by Gasteiger charge is 2.29. The van der Waals surface area contributed by atoms with Gasteiger partial charge in [-0.1, -0.05) is 23.2 Å². The summed E-state index contributed by atoms with van der Waals surface area (Å²) in [5.74, 6) is 1.21. The van der Waals surface area contributed by atoms with Crippen molar-refractivity contribution in [2.75, 3.05) is 5.32 Å². The third kappa shape index (κ3) is 3.25. The lowest BCUT2D eigenvalue weighted by Crippen LogP contribution is -2.20. The molecule has 5 nitrogen and oxygen atoms in total. The molecule has 0 unspecified atom stereocenters. The average Bonchev–Trinajstić information content (AvgIpc) is 3.12. The minimum atomic E-state index is -0.00290. The largest absolute Gasteiger partial charge is 0.469 e. The lowest BCUT2D eigenvalue weighted by molar-refractivity contribution is 0.0958. The van der Waals surface area contributed by atoms with Crippen LogP contribution in [0.2, 0.25) is 10.0 Å². The molecule has 2 heterocycles. The molecule has 25 heavy (non-hydrogen) atoms. The number of Topliss-reactive ketones (excluding diaryl/α,β-unsaturated/α-hetero) is 1. The third-order valence-corrected chi connectivity index (χ3v) is 4.71. The zero-order chi connectivity index (χ0) is 17.4. The van der Waals surface area contributed by atoms with E-state index in [2.05, 4.69) is 15.3 Å². The van der Waals surface area contributed by atoms with Gasteiger partial charge in [0.2, 0.25) is 5.95 Å². The van der Waals surface area contributed by atoms with Crippen LogP contribution in [0.15, 0.2) is 47.2 Å². The first kappa shape index (κ1) is 16.1. The molecule has 1 N–H and O–H groups in total. The van der Waals surface area contributed by atoms with E-state index in [9.17, 15) is 4.79 Å². The summed E-state index contributed by atoms with van der Waals surface area (Å²) >= 11 is 12.1. The van der Waals surface area contributed by atoms with Gasteiger partial charge < -0.3 is 9.73 Å². The minimum absolute atomic E-state index is 0.00290. The normalized spacial score (nSPS) is 16.6. The maximum absolute atomic E-state index is 12.4. The van der Waals surface area contributed by atoms with Gasteiger partial charge in [0.25, 0.3) is 0 Å². The molecule has 4 rings (SSSR count). The molecule has 1 aliphatic rings. The lowest BCUT2D eigenvalue weighted by Gasteiger charge is -2.21. The maximum atomic E-state index is 12.4. The topological polar surface area (TPSA) is 68.0 Å². The molecule has 126 valence electrons. The van der Waals surface area contributed by atoms with Crippen molar-refractivity contribution >= 4 is 40.6 Å². The molecule has 3 aromatic rings. The molecular weight excluding hydrogens is 361 g/mol. The first-order valence-corrected chi connectivity index (χ1v) is 8.50. The first-order chi connectivity index (χ1) is 12.1. The number of furan rings is 1. The Morgan fingerprint density at radius 1 is 1.20 bits per heavy atom. The number of ketones is 1. The van der Waals surface area contributed by atoms with Gasteiger partial charge in [-0.05, 0) is 30.3 Å². The van der Waals surface area contributed by atoms with Crippen LogP contribution in [0.5, 0.6) is 0 Å². The van der Waals surface area contributed by atoms with Crippen LogP contribution in [0.3, 0.4) is 0 Å². The van der Waals surface area contributed by atoms with Crippen LogP contribution < -0.4 is 5.32 Å². The second kappa shape index (κ2) is 6.50. The number of carbonyl (C=O) groups is 1. The fraction of sp³-hybridized carbons (Fsp3) is 0.167. The highest BCUT2D eigenvalue weighted by atomic mass is 35.5. The molecule has 1 atom stereocenters. The predicted molar refractivity (Wildman–Crippen MR) is 95.9 cm³/mol. The van der Waals surface area contributed by atoms with Crippen molar-refractivity contribution in [3.8, 4) is 0 Å². The zero-order valence-corrected chi connectivity index (χ0v) is 14.5. The van der Waals surface area contributed by atoms with Crippen molar-refractivity contribution in [3.63, 3.8) is 0 Å². The van der Waals surface area contributed by atoms with E-state index in [1.54, 1.807) is 30.7 Å². The summed E-state index contributed by atoms with van der Waals surface area (Å²) in [6, 6.07) is 8.83. The fourth-order valence-corrected chi connectivity index (χ4v) is 3.40. The van der Waals surface area contributed by atoms with E-state index in [0.717, 1.165) is 5.76 Å². The molecule has 0 spiro atoms. The molecule has 0 bridgehead atoms. The van der Waals surface area contributed by atoms with E-state index in [1.165, 1.54) is 0 Å². The monoisotopic (exact) mass is 373 g/mol. The van der Waals surface area contributed by atoms with Crippen LogP contribution in [-0.2, 0) is 6.42 Å². The number of anilines is 2. The van der Waals surface area contributed by atoms with Gasteiger partial charge in [-0.3, -0.25) is 4.79 Å². The smallest absolute Gasteiger partial charge is 0.227 e. The number of nitrogens with zero attached hydrogens (tertiary/aromatic N) is 2. The van der Waals surface area contributed by atoms with Gasteiger partial charge in [-0.15, -0.1) is 0 Å². The number of halogens is 2. The van der Waals surface area contributed by atoms with E-state index < -0.39 is 0 Å². The van der Waals surface area contributed by atoms with E-state index in [-0.39, 0.29) is 11.7 Å². The highest BCUT2D eigenvalue weighted by molar-refractivity contribution is 6.36. The number of carbonyl (C=O) groups excluding carboxylic acids is 1. The van der Waals surface area contributed by atoms with Crippen LogP contribution in [0.4, 0.5) is 11.6 Å². The zero-order valence-electron chi connectivity index (χ0n) is 13.0. The molecule has 0 aliphatic heterocycles. The SMILES string of the molecule is O=C1C[C@@H](c2ccco2)Cc2nc(Nc3ccc(Cl)cc3Cl)ncc21. The number of hydrogen-bond acceptors (Lipinski definition) is 5. The standard InChI is InChI=1S/C18H13Cl2N3O2/c19-11-3-4-14(13(20)8-11)22-18-21-9-12-15(23-18)6-10(7-16(12)24)17-2-1-5-25-17/h1-5,8-10H,6-7H2,(H,21,22,23)/t10-/m0/s1. The van der Waals surface area contributed by atoms with Crippen molar-refractivity contribution in [2.24, 2.45) is 0 Å². The molecule has 1 aromatic carbocycles. The second-order valence-electron chi connectivity index (χ2n) is 5.85. The summed E-state index contributed by atoms with van der Waals surface area (Å²) < 4.78 is 5.45. The van der Waals surface area contributed by atoms with E-state index in [4.69, 9.17) is 27.6 Å². The number of hydrogen-bond donors (Lipinski definition) is 1. The Morgan fingerprint density at radius 3 is 2.84 bits per heavy atom. The summed E-state index contributed by atoms with van der Waals surface area (Å²) in [5.41, 5.74) is 1.92. The Balaban J connectivity index is 1.63. The number of fused-ring (bicyclic) bond motifs is 1. The fourth-order valence-electron chi connectivity index (χ4n) is 2.94. The Kier molecular flexibility index (Phi) is 4.19. The summed E-state index contributed by atoms with van der Waals surface area (Å²) in [7, 11) is 0. The van der Waals surface area contributed by atoms with Crippen LogP contribution in [-0.4, -0.2) is 15.8 Å². The van der Waals surface area contributed by atoms with Gasteiger partial charge >= 0.3 is 0 Å². The molecule has 0 saturated heterocycles. The van der Waals surface area contributed by atoms with Gasteiger partial charge in [0.05, 0.1) is 28.2 Å². The third-order valence-electron chi connectivity index (χ3n) is 4.16. The molecule has 7 heteroatoms. The van der Waals surface area contributed by atoms with Crippen molar-refractivity contribution in [3.05, 3.63) is 69.9 Å². The summed E-state index contributed by atoms with van der Waals surface area (Å²) in [4.78, 5) is 21.1. The summed E-state index contributed by atoms with van der Waals surface area (Å²) in [6.07, 6.45) is 4.21. The average molecular weight is 374 g/mol. The van der Waals surface area contributed by atoms with Crippen LogP contribution in [0, 0.1) is 0 Å². The van der Waals surface area contributed by atoms with Crippen LogP contribution in [0.25, 0.3) is 0 Å². The molecule has 0 fully saturated rings. The van der Waals surface area contributed by atoms with E-state index >= 15 is 0 Å². The molecule has 1 aliphatic carbocycles. The number of rotatable bonds is 3. The van der Waals surface area contributed by atoms with Crippen molar-refractivity contribution < 1.29 is 9.21 Å². The van der Waals surface area contributed by atoms with Gasteiger partial charge in [0.15, 0.2) is 5.78 Å². The van der Waals surface area contributed by atoms with Crippen molar-refractivity contribution in [1.29, 1.82) is 0 Å². The Hall–Kier alpha value is -2.37. The van der Waals surface area contributed by atoms with Gasteiger partial charge in [-0.2, -0.15) is 0 Å². The predicted octanol–water partition coefficient (Wildman–Crippen LogP) is 5.03. The summed E-state index contributed by atoms with van der Waals surface area (Å²) in [6.45, 7) is 0. The summed E-state index contributed by atoms with van der Waals surface area (Å²) in [5, 5.41) is 4.09. The first-order valence-electron chi connectivity index (χ1n) is 7.75. The quantitative estimate of drug-likeness (QED) is 0.696. The minimum Gasteiger partial charge on any atom is -0.469 e. The molecular formula is C18H13Cl2N3O2. The van der Waals surface area contributed by atoms with Gasteiger partial charge in [-0.25, -0.2) is 9.97 Å². The van der Waals surface area contributed by atoms with Gasteiger partial charge in [0, 0.05) is 30.0 Å². The number of aromatic nitrogens is 2. The molecule has 0 amide bonds. The second-order valence-corrected chi connectivity index (χ2v) is 6.69. The van der Waals surface area contributed by atoms with E-state index in [1.807, 2.05) is 12.1 Å². The Labute approximate surface area is 154 Å². The van der Waals surface area contributed by atoms with Crippen LogP contribution in [0.1, 0.15) is 34.2 Å². The number of nitrogens with one attached hydrogen (secondary N) is 1. The van der Waals surface area contributed by atoms with Crippen molar-refractivity contribution in [2.45, 2.75) is 18.8 Å². The van der Waals surface area contributed by atoms with Crippen LogP contribution >= 0.6 is 23.2 Å². The Bertz CT molecular complexity index is 941. The lowest BCUT2D eigenvalue weighted by atomic mass is 9.85. The highest BCUT2D eigenvalue weighted by Crippen LogP contribution is 2.33. The number of benzene rings is 1. The van der Waals surface area contributed by atoms with Gasteiger partial charge in [0.1, 0.15) is 5.76 Å². The molecule has 0 saturated carbocycles. The molecule has 2 aromatic heterocycles.